The molecule has 1 amide bonds. The lowest BCUT2D eigenvalue weighted by atomic mass is 10.2. The van der Waals surface area contributed by atoms with E-state index < -0.39 is 10.0 Å². The van der Waals surface area contributed by atoms with E-state index in [1.54, 1.807) is 0 Å². The van der Waals surface area contributed by atoms with Gasteiger partial charge in [0.15, 0.2) is 12.4 Å². The van der Waals surface area contributed by atoms with Crippen LogP contribution in [0.25, 0.3) is 0 Å². The minimum Gasteiger partial charge on any atom is -0.482 e. The van der Waals surface area contributed by atoms with Gasteiger partial charge in [-0.3, -0.25) is 9.69 Å². The first kappa shape index (κ1) is 21.6. The Morgan fingerprint density at radius 2 is 1.94 bits per heavy atom. The number of hydrogen-bond acceptors (Lipinski definition) is 8. The van der Waals surface area contributed by atoms with Crippen molar-refractivity contribution >= 4 is 33.2 Å². The lowest BCUT2D eigenvalue weighted by Crippen LogP contribution is -2.48. The van der Waals surface area contributed by atoms with Gasteiger partial charge in [0.2, 0.25) is 15.9 Å². The molecule has 32 heavy (non-hydrogen) atoms. The van der Waals surface area contributed by atoms with Gasteiger partial charge in [0.1, 0.15) is 10.6 Å². The van der Waals surface area contributed by atoms with Crippen LogP contribution in [0, 0.1) is 0 Å². The van der Waals surface area contributed by atoms with E-state index >= 15 is 0 Å². The van der Waals surface area contributed by atoms with Crippen LogP contribution in [-0.2, 0) is 21.4 Å². The SMILES string of the molecule is CCN1CCN(S(=O)(=O)c2cc3c(cc2Cl)N(Cc2noc(C4CC4)n2)C(=O)CO3)CC1. The molecule has 1 saturated heterocycles. The molecule has 0 atom stereocenters. The first-order valence-electron chi connectivity index (χ1n) is 10.7. The maximum Gasteiger partial charge on any atom is 0.265 e. The lowest BCUT2D eigenvalue weighted by Gasteiger charge is -2.34. The highest BCUT2D eigenvalue weighted by Crippen LogP contribution is 2.41. The van der Waals surface area contributed by atoms with Crippen LogP contribution in [-0.4, -0.2) is 73.0 Å². The number of piperazine rings is 1. The number of likely N-dealkylation sites (N-methyl/N-ethyl adjacent to an activating group) is 1. The number of halogens is 1. The van der Waals surface area contributed by atoms with Crippen LogP contribution in [0.3, 0.4) is 0 Å². The van der Waals surface area contributed by atoms with Crippen molar-refractivity contribution in [1.82, 2.24) is 19.3 Å². The van der Waals surface area contributed by atoms with Gasteiger partial charge in [-0.15, -0.1) is 0 Å². The summed E-state index contributed by atoms with van der Waals surface area (Å²) in [7, 11) is -3.80. The Morgan fingerprint density at radius 3 is 2.62 bits per heavy atom. The summed E-state index contributed by atoms with van der Waals surface area (Å²) in [5.41, 5.74) is 0.388. The molecule has 2 aliphatic heterocycles. The molecule has 172 valence electrons. The van der Waals surface area contributed by atoms with Gasteiger partial charge in [0, 0.05) is 38.2 Å². The third-order valence-corrected chi connectivity index (χ3v) is 8.43. The fourth-order valence-electron chi connectivity index (χ4n) is 3.97. The van der Waals surface area contributed by atoms with Crippen LogP contribution in [0.15, 0.2) is 21.6 Å². The molecule has 0 N–H and O–H groups in total. The van der Waals surface area contributed by atoms with Gasteiger partial charge in [-0.25, -0.2) is 8.42 Å². The summed E-state index contributed by atoms with van der Waals surface area (Å²) in [5.74, 6) is 1.27. The molecule has 1 saturated carbocycles. The average Bonchev–Trinajstić information content (AvgIpc) is 3.54. The van der Waals surface area contributed by atoms with Crippen molar-refractivity contribution in [2.45, 2.75) is 37.1 Å². The summed E-state index contributed by atoms with van der Waals surface area (Å²) in [6.07, 6.45) is 2.06. The van der Waals surface area contributed by atoms with E-state index in [-0.39, 0.29) is 34.7 Å². The second kappa shape index (κ2) is 8.29. The molecule has 1 aromatic carbocycles. The maximum absolute atomic E-state index is 13.3. The van der Waals surface area contributed by atoms with Gasteiger partial charge >= 0.3 is 0 Å². The summed E-state index contributed by atoms with van der Waals surface area (Å²) < 4.78 is 38.8. The Hall–Kier alpha value is -2.21. The van der Waals surface area contributed by atoms with Crippen LogP contribution >= 0.6 is 11.6 Å². The average molecular weight is 482 g/mol. The first-order chi connectivity index (χ1) is 15.4. The first-order valence-corrected chi connectivity index (χ1v) is 12.5. The Balaban J connectivity index is 1.42. The van der Waals surface area contributed by atoms with Crippen molar-refractivity contribution in [2.75, 3.05) is 44.2 Å². The van der Waals surface area contributed by atoms with Crippen molar-refractivity contribution in [2.24, 2.45) is 0 Å². The highest BCUT2D eigenvalue weighted by molar-refractivity contribution is 7.89. The normalized spacial score (nSPS) is 20.3. The van der Waals surface area contributed by atoms with Gasteiger partial charge in [0.25, 0.3) is 5.91 Å². The monoisotopic (exact) mass is 481 g/mol. The zero-order valence-corrected chi connectivity index (χ0v) is 19.2. The van der Waals surface area contributed by atoms with Gasteiger partial charge < -0.3 is 14.2 Å². The highest BCUT2D eigenvalue weighted by Gasteiger charge is 2.35. The second-order valence-electron chi connectivity index (χ2n) is 8.18. The smallest absolute Gasteiger partial charge is 0.265 e. The number of amides is 1. The molecule has 0 unspecified atom stereocenters. The minimum atomic E-state index is -3.80. The van der Waals surface area contributed by atoms with E-state index in [1.807, 2.05) is 0 Å². The minimum absolute atomic E-state index is 0.0206. The highest BCUT2D eigenvalue weighted by atomic mass is 35.5. The summed E-state index contributed by atoms with van der Waals surface area (Å²) >= 11 is 6.43. The van der Waals surface area contributed by atoms with E-state index in [0.29, 0.717) is 49.5 Å². The zero-order chi connectivity index (χ0) is 22.5. The third-order valence-electron chi connectivity index (χ3n) is 6.06. The molecule has 5 rings (SSSR count). The number of carbonyl (C=O) groups excluding carboxylic acids is 1. The fraction of sp³-hybridized carbons (Fsp3) is 0.550. The van der Waals surface area contributed by atoms with E-state index in [1.165, 1.54) is 21.3 Å². The van der Waals surface area contributed by atoms with Crippen molar-refractivity contribution in [3.8, 4) is 5.75 Å². The van der Waals surface area contributed by atoms with E-state index in [9.17, 15) is 13.2 Å². The predicted molar refractivity (Wildman–Crippen MR) is 115 cm³/mol. The predicted octanol–water partition coefficient (Wildman–Crippen LogP) is 1.85. The summed E-state index contributed by atoms with van der Waals surface area (Å²) in [4.78, 5) is 20.6. The Labute approximate surface area is 191 Å². The number of aromatic nitrogens is 2. The topological polar surface area (TPSA) is 109 Å². The Bertz CT molecular complexity index is 1140. The standard InChI is InChI=1S/C20H24ClN5O5S/c1-2-24-5-7-25(8-6-24)32(28,29)17-10-16-15(9-14(17)21)26(19(27)12-30-16)11-18-22-20(31-23-18)13-3-4-13/h9-10,13H,2-8,11-12H2,1H3. The zero-order valence-electron chi connectivity index (χ0n) is 17.7. The molecule has 12 heteroatoms. The van der Waals surface area contributed by atoms with E-state index in [4.69, 9.17) is 20.9 Å². The second-order valence-corrected chi connectivity index (χ2v) is 10.5. The molecule has 2 fully saturated rings. The molecule has 2 aromatic rings. The Kier molecular flexibility index (Phi) is 5.60. The van der Waals surface area contributed by atoms with Gasteiger partial charge in [-0.1, -0.05) is 23.7 Å². The van der Waals surface area contributed by atoms with Crippen LogP contribution in [0.2, 0.25) is 5.02 Å². The number of sulfonamides is 1. The third kappa shape index (κ3) is 3.98. The molecule has 1 aromatic heterocycles. The molecule has 1 aliphatic carbocycles. The van der Waals surface area contributed by atoms with Crippen LogP contribution in [0.1, 0.15) is 37.4 Å². The number of anilines is 1. The number of nitrogens with zero attached hydrogens (tertiary/aromatic N) is 5. The molecular formula is C20H24ClN5O5S. The number of fused-ring (bicyclic) bond motifs is 1. The number of carbonyl (C=O) groups is 1. The molecule has 3 heterocycles. The lowest BCUT2D eigenvalue weighted by molar-refractivity contribution is -0.121. The molecular weight excluding hydrogens is 458 g/mol. The van der Waals surface area contributed by atoms with Crippen LogP contribution in [0.4, 0.5) is 5.69 Å². The molecule has 0 radical (unpaired) electrons. The summed E-state index contributed by atoms with van der Waals surface area (Å²) in [6, 6.07) is 2.87. The van der Waals surface area contributed by atoms with Crippen molar-refractivity contribution in [3.63, 3.8) is 0 Å². The van der Waals surface area contributed by atoms with Gasteiger partial charge in [-0.05, 0) is 25.5 Å². The van der Waals surface area contributed by atoms with Crippen molar-refractivity contribution in [3.05, 3.63) is 28.9 Å². The fourth-order valence-corrected chi connectivity index (χ4v) is 5.90. The maximum atomic E-state index is 13.3. The largest absolute Gasteiger partial charge is 0.482 e. The van der Waals surface area contributed by atoms with E-state index in [2.05, 4.69) is 22.0 Å². The summed E-state index contributed by atoms with van der Waals surface area (Å²) in [6.45, 7) is 4.95. The van der Waals surface area contributed by atoms with Crippen molar-refractivity contribution in [1.29, 1.82) is 0 Å². The molecule has 0 bridgehead atoms. The van der Waals surface area contributed by atoms with Crippen molar-refractivity contribution < 1.29 is 22.5 Å². The number of hydrogen-bond donors (Lipinski definition) is 0. The number of ether oxygens (including phenoxy) is 1. The molecule has 3 aliphatic rings. The van der Waals surface area contributed by atoms with Gasteiger partial charge in [0.05, 0.1) is 17.3 Å². The number of rotatable bonds is 6. The summed E-state index contributed by atoms with van der Waals surface area (Å²) in [5, 5.41) is 4.01. The number of benzene rings is 1. The molecule has 10 nitrogen and oxygen atoms in total. The van der Waals surface area contributed by atoms with Crippen LogP contribution in [0.5, 0.6) is 5.75 Å². The Morgan fingerprint density at radius 1 is 1.19 bits per heavy atom. The van der Waals surface area contributed by atoms with E-state index in [0.717, 1.165) is 19.4 Å². The molecule has 0 spiro atoms. The van der Waals surface area contributed by atoms with Crippen LogP contribution < -0.4 is 9.64 Å². The van der Waals surface area contributed by atoms with Gasteiger partial charge in [-0.2, -0.15) is 9.29 Å². The quantitative estimate of drug-likeness (QED) is 0.615.